The van der Waals surface area contributed by atoms with E-state index in [1.54, 1.807) is 37.5 Å². The van der Waals surface area contributed by atoms with Gasteiger partial charge in [0.15, 0.2) is 11.5 Å². The highest BCUT2D eigenvalue weighted by atomic mass is 16.5. The number of pyridine rings is 1. The summed E-state index contributed by atoms with van der Waals surface area (Å²) in [6, 6.07) is 8.18. The molecule has 1 heterocycles. The van der Waals surface area contributed by atoms with E-state index >= 15 is 0 Å². The van der Waals surface area contributed by atoms with Crippen molar-refractivity contribution < 1.29 is 14.3 Å². The fourth-order valence-electron chi connectivity index (χ4n) is 2.13. The maximum Gasteiger partial charge on any atom is 0.255 e. The summed E-state index contributed by atoms with van der Waals surface area (Å²) in [5, 5.41) is 2.78. The largest absolute Gasteiger partial charge is 0.490 e. The van der Waals surface area contributed by atoms with Gasteiger partial charge in [0.1, 0.15) is 0 Å². The molecule has 0 unspecified atom stereocenters. The molecule has 25 heavy (non-hydrogen) atoms. The molecular formula is C19H24N2O4. The summed E-state index contributed by atoms with van der Waals surface area (Å²) in [6.07, 6.45) is 3.33. The first-order valence-corrected chi connectivity index (χ1v) is 8.42. The zero-order valence-corrected chi connectivity index (χ0v) is 14.9. The average molecular weight is 344 g/mol. The molecular weight excluding hydrogens is 320 g/mol. The van der Waals surface area contributed by atoms with Crippen LogP contribution >= 0.6 is 0 Å². The Bertz CT molecular complexity index is 783. The smallest absolute Gasteiger partial charge is 0.255 e. The van der Waals surface area contributed by atoms with Crippen LogP contribution in [0.2, 0.25) is 0 Å². The average Bonchev–Trinajstić information content (AvgIpc) is 2.61. The predicted octanol–water partition coefficient (Wildman–Crippen LogP) is 3.22. The monoisotopic (exact) mass is 344 g/mol. The Morgan fingerprint density at radius 2 is 1.72 bits per heavy atom. The Hall–Kier alpha value is -2.76. The van der Waals surface area contributed by atoms with Crippen LogP contribution in [-0.2, 0) is 7.05 Å². The Balaban J connectivity index is 2.18. The molecule has 0 bridgehead atoms. The zero-order chi connectivity index (χ0) is 18.2. The summed E-state index contributed by atoms with van der Waals surface area (Å²) in [6.45, 7) is 5.22. The molecule has 1 aromatic carbocycles. The van der Waals surface area contributed by atoms with Gasteiger partial charge in [-0.2, -0.15) is 0 Å². The molecule has 0 atom stereocenters. The second kappa shape index (κ2) is 8.92. The minimum absolute atomic E-state index is 0.233. The first kappa shape index (κ1) is 18.6. The number of nitrogens with zero attached hydrogens (tertiary/aromatic N) is 1. The van der Waals surface area contributed by atoms with E-state index in [0.717, 1.165) is 12.8 Å². The number of ether oxygens (including phenoxy) is 2. The van der Waals surface area contributed by atoms with E-state index in [2.05, 4.69) is 5.32 Å². The highest BCUT2D eigenvalue weighted by Gasteiger charge is 2.11. The van der Waals surface area contributed by atoms with Crippen molar-refractivity contribution in [1.29, 1.82) is 0 Å². The lowest BCUT2D eigenvalue weighted by Gasteiger charge is -2.14. The van der Waals surface area contributed by atoms with Crippen LogP contribution in [-0.4, -0.2) is 23.7 Å². The van der Waals surface area contributed by atoms with Crippen LogP contribution in [0.1, 0.15) is 37.0 Å². The summed E-state index contributed by atoms with van der Waals surface area (Å²) < 4.78 is 12.8. The van der Waals surface area contributed by atoms with Crippen molar-refractivity contribution in [2.45, 2.75) is 26.7 Å². The van der Waals surface area contributed by atoms with Crippen LogP contribution in [0.3, 0.4) is 0 Å². The Morgan fingerprint density at radius 3 is 2.36 bits per heavy atom. The first-order chi connectivity index (χ1) is 12.0. The minimum Gasteiger partial charge on any atom is -0.490 e. The fourth-order valence-corrected chi connectivity index (χ4v) is 2.13. The molecule has 0 aliphatic carbocycles. The van der Waals surface area contributed by atoms with E-state index in [-0.39, 0.29) is 11.5 Å². The van der Waals surface area contributed by atoms with E-state index in [1.165, 1.54) is 10.6 Å². The molecule has 0 radical (unpaired) electrons. The highest BCUT2D eigenvalue weighted by molar-refractivity contribution is 6.04. The molecule has 2 aromatic rings. The molecule has 0 saturated carbocycles. The molecule has 0 spiro atoms. The van der Waals surface area contributed by atoms with Gasteiger partial charge in [-0.3, -0.25) is 9.59 Å². The second-order valence-corrected chi connectivity index (χ2v) is 5.68. The molecule has 0 aliphatic heterocycles. The van der Waals surface area contributed by atoms with Crippen LogP contribution in [0.4, 0.5) is 5.69 Å². The van der Waals surface area contributed by atoms with Crippen molar-refractivity contribution in [3.05, 3.63) is 52.4 Å². The molecule has 1 aromatic heterocycles. The summed E-state index contributed by atoms with van der Waals surface area (Å²) in [5.41, 5.74) is 0.661. The number of hydrogen-bond donors (Lipinski definition) is 1. The van der Waals surface area contributed by atoms with Crippen molar-refractivity contribution in [3.8, 4) is 11.5 Å². The van der Waals surface area contributed by atoms with E-state index in [4.69, 9.17) is 9.47 Å². The molecule has 0 aliphatic rings. The molecule has 1 amide bonds. The number of aryl methyl sites for hydroxylation is 1. The minimum atomic E-state index is -0.346. The van der Waals surface area contributed by atoms with Gasteiger partial charge in [0.2, 0.25) is 0 Å². The van der Waals surface area contributed by atoms with Crippen molar-refractivity contribution >= 4 is 11.6 Å². The number of aromatic nitrogens is 1. The lowest BCUT2D eigenvalue weighted by atomic mass is 10.2. The predicted molar refractivity (Wildman–Crippen MR) is 97.7 cm³/mol. The molecule has 2 rings (SSSR count). The molecule has 0 saturated heterocycles. The van der Waals surface area contributed by atoms with Gasteiger partial charge in [-0.05, 0) is 31.0 Å². The Labute approximate surface area is 147 Å². The van der Waals surface area contributed by atoms with Gasteiger partial charge in [0, 0.05) is 36.6 Å². The van der Waals surface area contributed by atoms with E-state index < -0.39 is 0 Å². The first-order valence-electron chi connectivity index (χ1n) is 8.42. The van der Waals surface area contributed by atoms with Crippen molar-refractivity contribution in [3.63, 3.8) is 0 Å². The van der Waals surface area contributed by atoms with Crippen LogP contribution < -0.4 is 20.3 Å². The van der Waals surface area contributed by atoms with Crippen LogP contribution in [0.5, 0.6) is 11.5 Å². The highest BCUT2D eigenvalue weighted by Crippen LogP contribution is 2.31. The fraction of sp³-hybridized carbons (Fsp3) is 0.368. The van der Waals surface area contributed by atoms with Crippen LogP contribution in [0.15, 0.2) is 41.3 Å². The van der Waals surface area contributed by atoms with Gasteiger partial charge in [-0.1, -0.05) is 13.8 Å². The zero-order valence-electron chi connectivity index (χ0n) is 14.9. The molecule has 6 nitrogen and oxygen atoms in total. The molecule has 0 fully saturated rings. The number of benzene rings is 1. The summed E-state index contributed by atoms with van der Waals surface area (Å²) in [4.78, 5) is 24.0. The lowest BCUT2D eigenvalue weighted by Crippen LogP contribution is -2.20. The normalized spacial score (nSPS) is 10.4. The number of amides is 1. The molecule has 1 N–H and O–H groups in total. The summed E-state index contributed by atoms with van der Waals surface area (Å²) in [7, 11) is 1.64. The maximum atomic E-state index is 12.3. The van der Waals surface area contributed by atoms with E-state index in [0.29, 0.717) is 36.0 Å². The number of nitrogens with one attached hydrogen (secondary N) is 1. The van der Waals surface area contributed by atoms with Crippen molar-refractivity contribution in [2.75, 3.05) is 18.5 Å². The van der Waals surface area contributed by atoms with Gasteiger partial charge in [-0.15, -0.1) is 0 Å². The van der Waals surface area contributed by atoms with Crippen LogP contribution in [0.25, 0.3) is 0 Å². The van der Waals surface area contributed by atoms with E-state index in [1.807, 2.05) is 13.8 Å². The topological polar surface area (TPSA) is 69.6 Å². The van der Waals surface area contributed by atoms with Gasteiger partial charge < -0.3 is 19.4 Å². The van der Waals surface area contributed by atoms with Crippen molar-refractivity contribution in [2.24, 2.45) is 7.05 Å². The third-order valence-corrected chi connectivity index (χ3v) is 3.49. The SMILES string of the molecule is CCCOc1ccc(NC(=O)c2ccn(C)c(=O)c2)cc1OCCC. The molecule has 6 heteroatoms. The van der Waals surface area contributed by atoms with Gasteiger partial charge >= 0.3 is 0 Å². The molecule has 134 valence electrons. The number of anilines is 1. The number of carbonyl (C=O) groups is 1. The Morgan fingerprint density at radius 1 is 1.04 bits per heavy atom. The summed E-state index contributed by atoms with van der Waals surface area (Å²) in [5.74, 6) is 0.903. The summed E-state index contributed by atoms with van der Waals surface area (Å²) >= 11 is 0. The third-order valence-electron chi connectivity index (χ3n) is 3.49. The van der Waals surface area contributed by atoms with Crippen LogP contribution in [0, 0.1) is 0 Å². The standard InChI is InChI=1S/C19H24N2O4/c1-4-10-24-16-7-6-15(13-17(16)25-11-5-2)20-19(23)14-8-9-21(3)18(22)12-14/h6-9,12-13H,4-5,10-11H2,1-3H3,(H,20,23). The van der Waals surface area contributed by atoms with Gasteiger partial charge in [0.05, 0.1) is 13.2 Å². The lowest BCUT2D eigenvalue weighted by molar-refractivity contribution is 0.102. The number of hydrogen-bond acceptors (Lipinski definition) is 4. The van der Waals surface area contributed by atoms with E-state index in [9.17, 15) is 9.59 Å². The third kappa shape index (κ3) is 5.11. The second-order valence-electron chi connectivity index (χ2n) is 5.68. The Kier molecular flexibility index (Phi) is 6.62. The quantitative estimate of drug-likeness (QED) is 0.798. The number of carbonyl (C=O) groups excluding carboxylic acids is 1. The van der Waals surface area contributed by atoms with Gasteiger partial charge in [0.25, 0.3) is 11.5 Å². The van der Waals surface area contributed by atoms with Crippen molar-refractivity contribution in [1.82, 2.24) is 4.57 Å². The number of rotatable bonds is 8. The van der Waals surface area contributed by atoms with Gasteiger partial charge in [-0.25, -0.2) is 0 Å². The maximum absolute atomic E-state index is 12.3.